The summed E-state index contributed by atoms with van der Waals surface area (Å²) in [5, 5.41) is 6.46. The number of aromatic nitrogens is 2. The fourth-order valence-electron chi connectivity index (χ4n) is 2.73. The number of anilines is 1. The maximum atomic E-state index is 12.6. The summed E-state index contributed by atoms with van der Waals surface area (Å²) in [6.07, 6.45) is -2.64. The van der Waals surface area contributed by atoms with Gasteiger partial charge in [-0.05, 0) is 49.2 Å². The summed E-state index contributed by atoms with van der Waals surface area (Å²) >= 11 is 0. The van der Waals surface area contributed by atoms with Crippen LogP contribution in [0.2, 0.25) is 0 Å². The van der Waals surface area contributed by atoms with Gasteiger partial charge in [0, 0.05) is 17.2 Å². The number of nitrogens with one attached hydrogen (secondary N) is 1. The van der Waals surface area contributed by atoms with Crippen molar-refractivity contribution in [3.8, 4) is 11.4 Å². The van der Waals surface area contributed by atoms with E-state index in [4.69, 9.17) is 9.26 Å². The molecule has 4 rings (SSSR count). The van der Waals surface area contributed by atoms with Crippen molar-refractivity contribution in [2.45, 2.75) is 25.6 Å². The minimum atomic E-state index is -4.43. The van der Waals surface area contributed by atoms with Crippen molar-refractivity contribution in [2.75, 3.05) is 5.32 Å². The second-order valence-corrected chi connectivity index (χ2v) is 7.00. The third-order valence-electron chi connectivity index (χ3n) is 4.60. The maximum absolute atomic E-state index is 12.6. The number of alkyl halides is 3. The molecule has 3 aromatic rings. The molecule has 160 valence electrons. The van der Waals surface area contributed by atoms with Gasteiger partial charge in [-0.3, -0.25) is 4.79 Å². The largest absolute Gasteiger partial charge is 0.452 e. The van der Waals surface area contributed by atoms with Crippen LogP contribution in [0.25, 0.3) is 11.4 Å². The van der Waals surface area contributed by atoms with Crippen molar-refractivity contribution in [3.63, 3.8) is 0 Å². The Morgan fingerprint density at radius 3 is 2.35 bits per heavy atom. The molecule has 0 saturated heterocycles. The third-order valence-corrected chi connectivity index (χ3v) is 4.60. The Morgan fingerprint density at radius 1 is 1.06 bits per heavy atom. The highest BCUT2D eigenvalue weighted by Gasteiger charge is 2.30. The molecule has 0 atom stereocenters. The lowest BCUT2D eigenvalue weighted by molar-refractivity contribution is -0.137. The first-order valence-electron chi connectivity index (χ1n) is 9.38. The van der Waals surface area contributed by atoms with Gasteiger partial charge in [-0.25, -0.2) is 4.79 Å². The standard InChI is InChI=1S/C21H16F3N3O4/c22-21(23,24)15-7-3-12(4-8-15)18-26-17(31-27-18)11-30-20(29)14-5-9-16(10-6-14)25-19(28)13-1-2-13/h3-10,13H,1-2,11H2,(H,25,28). The molecule has 1 saturated carbocycles. The lowest BCUT2D eigenvalue weighted by atomic mass is 10.1. The van der Waals surface area contributed by atoms with Crippen LogP contribution in [-0.4, -0.2) is 22.0 Å². The highest BCUT2D eigenvalue weighted by atomic mass is 19.4. The van der Waals surface area contributed by atoms with Gasteiger partial charge < -0.3 is 14.6 Å². The Bertz CT molecular complexity index is 1090. The number of rotatable bonds is 6. The second kappa shape index (κ2) is 8.21. The summed E-state index contributed by atoms with van der Waals surface area (Å²) in [5.74, 6) is -0.511. The Balaban J connectivity index is 1.32. The predicted octanol–water partition coefficient (Wildman–Crippen LogP) is 4.46. The fraction of sp³-hybridized carbons (Fsp3) is 0.238. The minimum Gasteiger partial charge on any atom is -0.452 e. The molecule has 1 heterocycles. The van der Waals surface area contributed by atoms with Gasteiger partial charge in [0.2, 0.25) is 11.7 Å². The number of halogens is 3. The van der Waals surface area contributed by atoms with Gasteiger partial charge in [-0.15, -0.1) is 0 Å². The number of esters is 1. The minimum absolute atomic E-state index is 0.00318. The molecule has 10 heteroatoms. The van der Waals surface area contributed by atoms with Crippen LogP contribution in [-0.2, 0) is 22.3 Å². The average molecular weight is 431 g/mol. The van der Waals surface area contributed by atoms with Crippen LogP contribution in [0.1, 0.15) is 34.7 Å². The molecule has 1 amide bonds. The Morgan fingerprint density at radius 2 is 1.74 bits per heavy atom. The molecule has 0 unspecified atom stereocenters. The number of carbonyl (C=O) groups excluding carboxylic acids is 2. The van der Waals surface area contributed by atoms with Crippen LogP contribution >= 0.6 is 0 Å². The smallest absolute Gasteiger partial charge is 0.416 e. The van der Waals surface area contributed by atoms with Crippen LogP contribution in [0, 0.1) is 5.92 Å². The van der Waals surface area contributed by atoms with E-state index < -0.39 is 17.7 Å². The van der Waals surface area contributed by atoms with Crippen molar-refractivity contribution in [1.29, 1.82) is 0 Å². The fourth-order valence-corrected chi connectivity index (χ4v) is 2.73. The van der Waals surface area contributed by atoms with E-state index in [2.05, 4.69) is 15.5 Å². The maximum Gasteiger partial charge on any atom is 0.416 e. The molecular formula is C21H16F3N3O4. The number of benzene rings is 2. The Labute approximate surface area is 174 Å². The number of hydrogen-bond acceptors (Lipinski definition) is 6. The first-order chi connectivity index (χ1) is 14.8. The summed E-state index contributed by atoms with van der Waals surface area (Å²) in [7, 11) is 0. The zero-order valence-corrected chi connectivity index (χ0v) is 16.0. The zero-order chi connectivity index (χ0) is 22.0. The molecule has 0 radical (unpaired) electrons. The number of carbonyl (C=O) groups is 2. The normalized spacial score (nSPS) is 13.6. The van der Waals surface area contributed by atoms with Crippen LogP contribution in [0.3, 0.4) is 0 Å². The lowest BCUT2D eigenvalue weighted by Crippen LogP contribution is -2.13. The van der Waals surface area contributed by atoms with Gasteiger partial charge in [-0.1, -0.05) is 17.3 Å². The van der Waals surface area contributed by atoms with Gasteiger partial charge >= 0.3 is 12.1 Å². The molecule has 7 nitrogen and oxygen atoms in total. The molecule has 1 aromatic heterocycles. The van der Waals surface area contributed by atoms with E-state index in [1.807, 2.05) is 0 Å². The van der Waals surface area contributed by atoms with Crippen molar-refractivity contribution in [2.24, 2.45) is 5.92 Å². The first kappa shape index (κ1) is 20.6. The van der Waals surface area contributed by atoms with E-state index in [0.29, 0.717) is 11.3 Å². The van der Waals surface area contributed by atoms with Gasteiger partial charge in [0.05, 0.1) is 11.1 Å². The molecule has 1 aliphatic rings. The van der Waals surface area contributed by atoms with E-state index in [1.54, 1.807) is 12.1 Å². The summed E-state index contributed by atoms with van der Waals surface area (Å²) in [6.45, 7) is -0.299. The molecule has 0 aliphatic heterocycles. The highest BCUT2D eigenvalue weighted by molar-refractivity contribution is 5.95. The van der Waals surface area contributed by atoms with Gasteiger partial charge in [-0.2, -0.15) is 18.2 Å². The van der Waals surface area contributed by atoms with Crippen LogP contribution in [0.5, 0.6) is 0 Å². The first-order valence-corrected chi connectivity index (χ1v) is 9.38. The highest BCUT2D eigenvalue weighted by Crippen LogP contribution is 2.31. The molecule has 1 aliphatic carbocycles. The van der Waals surface area contributed by atoms with E-state index in [1.165, 1.54) is 24.3 Å². The number of hydrogen-bond donors (Lipinski definition) is 1. The Kier molecular flexibility index (Phi) is 5.45. The van der Waals surface area contributed by atoms with Crippen molar-refractivity contribution in [1.82, 2.24) is 10.1 Å². The molecule has 0 bridgehead atoms. The van der Waals surface area contributed by atoms with E-state index in [9.17, 15) is 22.8 Å². The molecule has 1 fully saturated rings. The molecule has 2 aromatic carbocycles. The second-order valence-electron chi connectivity index (χ2n) is 7.00. The Hall–Kier alpha value is -3.69. The van der Waals surface area contributed by atoms with E-state index in [-0.39, 0.29) is 35.7 Å². The molecular weight excluding hydrogens is 415 g/mol. The zero-order valence-electron chi connectivity index (χ0n) is 16.0. The number of nitrogens with zero attached hydrogens (tertiary/aromatic N) is 2. The van der Waals surface area contributed by atoms with Crippen molar-refractivity contribution in [3.05, 3.63) is 65.5 Å². The predicted molar refractivity (Wildman–Crippen MR) is 102 cm³/mol. The van der Waals surface area contributed by atoms with E-state index in [0.717, 1.165) is 25.0 Å². The lowest BCUT2D eigenvalue weighted by Gasteiger charge is -2.06. The van der Waals surface area contributed by atoms with E-state index >= 15 is 0 Å². The van der Waals surface area contributed by atoms with Crippen LogP contribution in [0.4, 0.5) is 18.9 Å². The van der Waals surface area contributed by atoms with Crippen LogP contribution in [0.15, 0.2) is 53.1 Å². The number of ether oxygens (including phenoxy) is 1. The van der Waals surface area contributed by atoms with Gasteiger partial charge in [0.1, 0.15) is 0 Å². The quantitative estimate of drug-likeness (QED) is 0.579. The summed E-state index contributed by atoms with van der Waals surface area (Å²) in [4.78, 5) is 27.9. The van der Waals surface area contributed by atoms with Crippen LogP contribution < -0.4 is 5.32 Å². The third kappa shape index (κ3) is 5.08. The number of amides is 1. The molecule has 31 heavy (non-hydrogen) atoms. The van der Waals surface area contributed by atoms with Crippen molar-refractivity contribution < 1.29 is 32.0 Å². The molecule has 1 N–H and O–H groups in total. The van der Waals surface area contributed by atoms with Gasteiger partial charge in [0.15, 0.2) is 6.61 Å². The monoisotopic (exact) mass is 431 g/mol. The summed E-state index contributed by atoms with van der Waals surface area (Å²) in [5.41, 5.74) is 0.406. The summed E-state index contributed by atoms with van der Waals surface area (Å²) < 4.78 is 48.0. The SMILES string of the molecule is O=C(OCc1nc(-c2ccc(C(F)(F)F)cc2)no1)c1ccc(NC(=O)C2CC2)cc1. The topological polar surface area (TPSA) is 94.3 Å². The molecule has 0 spiro atoms. The van der Waals surface area contributed by atoms with Gasteiger partial charge in [0.25, 0.3) is 5.89 Å². The summed E-state index contributed by atoms with van der Waals surface area (Å²) in [6, 6.07) is 10.5. The van der Waals surface area contributed by atoms with Crippen molar-refractivity contribution >= 4 is 17.6 Å². The average Bonchev–Trinajstić information content (AvgIpc) is 3.50.